The Kier molecular flexibility index (Phi) is 3.16. The number of nitrogens with zero attached hydrogens (tertiary/aromatic N) is 4. The van der Waals surface area contributed by atoms with Crippen LogP contribution in [-0.2, 0) is 6.42 Å². The summed E-state index contributed by atoms with van der Waals surface area (Å²) in [6, 6.07) is 10.9. The first-order chi connectivity index (χ1) is 10.4. The predicted molar refractivity (Wildman–Crippen MR) is 82.8 cm³/mol. The summed E-state index contributed by atoms with van der Waals surface area (Å²) in [6.07, 6.45) is 5.27. The van der Waals surface area contributed by atoms with Crippen LogP contribution in [0.4, 0.5) is 5.69 Å². The number of aromatic nitrogens is 4. The number of hydrogen-bond acceptors (Lipinski definition) is 5. The maximum absolute atomic E-state index is 3.89. The van der Waals surface area contributed by atoms with Crippen LogP contribution in [0.3, 0.4) is 0 Å². The Morgan fingerprint density at radius 1 is 1.19 bits per heavy atom. The SMILES string of the molecule is c1cc2c(s1)CCCC2Nc1ccc(-n2cnnn2)cc1. The van der Waals surface area contributed by atoms with E-state index in [1.807, 2.05) is 23.5 Å². The van der Waals surface area contributed by atoms with Gasteiger partial charge in [-0.05, 0) is 71.0 Å². The highest BCUT2D eigenvalue weighted by Gasteiger charge is 2.20. The molecule has 1 aromatic carbocycles. The van der Waals surface area contributed by atoms with Crippen molar-refractivity contribution >= 4 is 17.0 Å². The highest BCUT2D eigenvalue weighted by molar-refractivity contribution is 7.10. The molecule has 0 radical (unpaired) electrons. The molecule has 106 valence electrons. The van der Waals surface area contributed by atoms with Crippen LogP contribution in [0, 0.1) is 0 Å². The minimum Gasteiger partial charge on any atom is -0.378 e. The molecule has 5 nitrogen and oxygen atoms in total. The Hall–Kier alpha value is -2.21. The Bertz CT molecular complexity index is 717. The molecule has 0 bridgehead atoms. The van der Waals surface area contributed by atoms with E-state index in [0.29, 0.717) is 6.04 Å². The average Bonchev–Trinajstić information content (AvgIpc) is 3.20. The first-order valence-electron chi connectivity index (χ1n) is 7.06. The van der Waals surface area contributed by atoms with Gasteiger partial charge in [-0.2, -0.15) is 0 Å². The van der Waals surface area contributed by atoms with Crippen LogP contribution in [0.15, 0.2) is 42.0 Å². The fraction of sp³-hybridized carbons (Fsp3) is 0.267. The van der Waals surface area contributed by atoms with Crippen molar-refractivity contribution in [3.8, 4) is 5.69 Å². The van der Waals surface area contributed by atoms with Crippen molar-refractivity contribution in [3.63, 3.8) is 0 Å². The fourth-order valence-corrected chi connectivity index (χ4v) is 3.82. The third-order valence-electron chi connectivity index (χ3n) is 3.87. The van der Waals surface area contributed by atoms with E-state index in [9.17, 15) is 0 Å². The van der Waals surface area contributed by atoms with Gasteiger partial charge >= 0.3 is 0 Å². The number of benzene rings is 1. The van der Waals surface area contributed by atoms with Gasteiger partial charge in [-0.3, -0.25) is 0 Å². The molecule has 0 amide bonds. The van der Waals surface area contributed by atoms with Crippen molar-refractivity contribution in [1.82, 2.24) is 20.2 Å². The van der Waals surface area contributed by atoms with Crippen molar-refractivity contribution in [2.75, 3.05) is 5.32 Å². The van der Waals surface area contributed by atoms with E-state index in [-0.39, 0.29) is 0 Å². The molecular formula is C15H15N5S. The second kappa shape index (κ2) is 5.29. The number of anilines is 1. The van der Waals surface area contributed by atoms with Crippen molar-refractivity contribution in [3.05, 3.63) is 52.5 Å². The number of rotatable bonds is 3. The molecule has 0 fully saturated rings. The van der Waals surface area contributed by atoms with E-state index in [1.54, 1.807) is 11.0 Å². The lowest BCUT2D eigenvalue weighted by atomic mass is 9.94. The summed E-state index contributed by atoms with van der Waals surface area (Å²) in [5.74, 6) is 0. The minimum absolute atomic E-state index is 0.430. The normalized spacial score (nSPS) is 17.4. The Labute approximate surface area is 126 Å². The van der Waals surface area contributed by atoms with E-state index >= 15 is 0 Å². The number of tetrazole rings is 1. The van der Waals surface area contributed by atoms with Crippen LogP contribution in [0.1, 0.15) is 29.3 Å². The van der Waals surface area contributed by atoms with Crippen molar-refractivity contribution in [1.29, 1.82) is 0 Å². The van der Waals surface area contributed by atoms with Crippen LogP contribution < -0.4 is 5.32 Å². The van der Waals surface area contributed by atoms with Crippen LogP contribution in [0.25, 0.3) is 5.69 Å². The molecular weight excluding hydrogens is 282 g/mol. The lowest BCUT2D eigenvalue weighted by Gasteiger charge is -2.24. The summed E-state index contributed by atoms with van der Waals surface area (Å²) in [7, 11) is 0. The van der Waals surface area contributed by atoms with E-state index in [1.165, 1.54) is 29.7 Å². The summed E-state index contributed by atoms with van der Waals surface area (Å²) in [5.41, 5.74) is 3.57. The maximum atomic E-state index is 3.89. The zero-order valence-corrected chi connectivity index (χ0v) is 12.3. The molecule has 0 aliphatic heterocycles. The van der Waals surface area contributed by atoms with Gasteiger partial charge in [0.25, 0.3) is 0 Å². The molecule has 1 unspecified atom stereocenters. The Morgan fingerprint density at radius 3 is 2.90 bits per heavy atom. The van der Waals surface area contributed by atoms with E-state index in [2.05, 4.69) is 44.4 Å². The minimum atomic E-state index is 0.430. The molecule has 4 rings (SSSR count). The second-order valence-corrected chi connectivity index (χ2v) is 6.19. The van der Waals surface area contributed by atoms with Gasteiger partial charge in [0.2, 0.25) is 0 Å². The highest BCUT2D eigenvalue weighted by atomic mass is 32.1. The van der Waals surface area contributed by atoms with Gasteiger partial charge in [0, 0.05) is 10.6 Å². The Morgan fingerprint density at radius 2 is 2.10 bits per heavy atom. The topological polar surface area (TPSA) is 55.6 Å². The smallest absolute Gasteiger partial charge is 0.143 e. The number of aryl methyl sites for hydroxylation is 1. The number of fused-ring (bicyclic) bond motifs is 1. The third-order valence-corrected chi connectivity index (χ3v) is 4.87. The average molecular weight is 297 g/mol. The van der Waals surface area contributed by atoms with Gasteiger partial charge in [0.1, 0.15) is 6.33 Å². The van der Waals surface area contributed by atoms with Gasteiger partial charge in [-0.25, -0.2) is 4.68 Å². The molecule has 3 aromatic rings. The van der Waals surface area contributed by atoms with Gasteiger partial charge in [-0.1, -0.05) is 0 Å². The monoisotopic (exact) mass is 297 g/mol. The standard InChI is InChI=1S/C15H15N5S/c1-2-14(13-8-9-21-15(13)3-1)17-11-4-6-12(7-5-11)20-10-16-18-19-20/h4-10,14,17H,1-3H2. The summed E-state index contributed by atoms with van der Waals surface area (Å²) in [5, 5.41) is 17.0. The number of thiophene rings is 1. The number of nitrogens with one attached hydrogen (secondary N) is 1. The molecule has 6 heteroatoms. The van der Waals surface area contributed by atoms with E-state index < -0.39 is 0 Å². The summed E-state index contributed by atoms with van der Waals surface area (Å²) in [6.45, 7) is 0. The van der Waals surface area contributed by atoms with Crippen molar-refractivity contribution in [2.45, 2.75) is 25.3 Å². The Balaban J connectivity index is 1.54. The molecule has 21 heavy (non-hydrogen) atoms. The van der Waals surface area contributed by atoms with Gasteiger partial charge in [0.05, 0.1) is 11.7 Å². The molecule has 1 aliphatic carbocycles. The van der Waals surface area contributed by atoms with Crippen LogP contribution in [0.2, 0.25) is 0 Å². The first kappa shape index (κ1) is 12.5. The van der Waals surface area contributed by atoms with Gasteiger partial charge in [-0.15, -0.1) is 16.4 Å². The molecule has 2 heterocycles. The first-order valence-corrected chi connectivity index (χ1v) is 7.94. The molecule has 0 saturated carbocycles. The quantitative estimate of drug-likeness (QED) is 0.806. The molecule has 2 aromatic heterocycles. The fourth-order valence-electron chi connectivity index (χ4n) is 2.83. The molecule has 0 saturated heterocycles. The van der Waals surface area contributed by atoms with E-state index in [0.717, 1.165) is 11.4 Å². The van der Waals surface area contributed by atoms with Crippen LogP contribution in [-0.4, -0.2) is 20.2 Å². The largest absolute Gasteiger partial charge is 0.378 e. The van der Waals surface area contributed by atoms with Crippen molar-refractivity contribution < 1.29 is 0 Å². The summed E-state index contributed by atoms with van der Waals surface area (Å²) < 4.78 is 1.65. The summed E-state index contributed by atoms with van der Waals surface area (Å²) in [4.78, 5) is 1.53. The summed E-state index contributed by atoms with van der Waals surface area (Å²) >= 11 is 1.87. The molecule has 1 N–H and O–H groups in total. The van der Waals surface area contributed by atoms with Crippen LogP contribution in [0.5, 0.6) is 0 Å². The molecule has 1 aliphatic rings. The number of hydrogen-bond donors (Lipinski definition) is 1. The second-order valence-electron chi connectivity index (χ2n) is 5.19. The predicted octanol–water partition coefficient (Wildman–Crippen LogP) is 3.21. The lowest BCUT2D eigenvalue weighted by Crippen LogP contribution is -2.15. The highest BCUT2D eigenvalue weighted by Crippen LogP contribution is 2.35. The van der Waals surface area contributed by atoms with Gasteiger partial charge in [0.15, 0.2) is 0 Å². The molecule has 0 spiro atoms. The third kappa shape index (κ3) is 2.42. The molecule has 1 atom stereocenters. The van der Waals surface area contributed by atoms with E-state index in [4.69, 9.17) is 0 Å². The zero-order valence-electron chi connectivity index (χ0n) is 11.4. The zero-order chi connectivity index (χ0) is 14.1. The van der Waals surface area contributed by atoms with Crippen LogP contribution >= 0.6 is 11.3 Å². The van der Waals surface area contributed by atoms with Crippen molar-refractivity contribution in [2.24, 2.45) is 0 Å². The maximum Gasteiger partial charge on any atom is 0.143 e. The lowest BCUT2D eigenvalue weighted by molar-refractivity contribution is 0.609. The van der Waals surface area contributed by atoms with Gasteiger partial charge < -0.3 is 5.32 Å².